The van der Waals surface area contributed by atoms with Gasteiger partial charge in [-0.15, -0.1) is 0 Å². The maximum Gasteiger partial charge on any atom is 0.416 e. The Labute approximate surface area is 203 Å². The number of rotatable bonds is 7. The summed E-state index contributed by atoms with van der Waals surface area (Å²) in [6, 6.07) is 18.3. The highest BCUT2D eigenvalue weighted by molar-refractivity contribution is 8.13. The zero-order valence-corrected chi connectivity index (χ0v) is 20.4. The average Bonchev–Trinajstić information content (AvgIpc) is 2.79. The van der Waals surface area contributed by atoms with Gasteiger partial charge in [0.1, 0.15) is 5.75 Å². The van der Waals surface area contributed by atoms with Crippen LogP contribution >= 0.6 is 11.8 Å². The summed E-state index contributed by atoms with van der Waals surface area (Å²) in [4.78, 5) is 7.96. The molecule has 3 nitrogen and oxygen atoms in total. The van der Waals surface area contributed by atoms with Gasteiger partial charge in [-0.3, -0.25) is 0 Å². The van der Waals surface area contributed by atoms with E-state index in [-0.39, 0.29) is 5.75 Å². The Bertz CT molecular complexity index is 1130. The number of halogens is 3. The minimum Gasteiger partial charge on any atom is -0.508 e. The molecule has 34 heavy (non-hydrogen) atoms. The van der Waals surface area contributed by atoms with Crippen LogP contribution in [-0.4, -0.2) is 21.7 Å². The molecule has 0 bridgehead atoms. The molecule has 0 spiro atoms. The fourth-order valence-electron chi connectivity index (χ4n) is 3.56. The molecule has 3 aromatic carbocycles. The predicted octanol–water partition coefficient (Wildman–Crippen LogP) is 7.97. The molecule has 0 saturated carbocycles. The van der Waals surface area contributed by atoms with Crippen molar-refractivity contribution in [1.82, 2.24) is 4.90 Å². The maximum atomic E-state index is 13.0. The molecule has 0 aromatic heterocycles. The second-order valence-electron chi connectivity index (χ2n) is 8.10. The Balaban J connectivity index is 2.02. The molecule has 1 N–H and O–H groups in total. The summed E-state index contributed by atoms with van der Waals surface area (Å²) in [6.45, 7) is 7.44. The van der Waals surface area contributed by atoms with Crippen molar-refractivity contribution < 1.29 is 18.3 Å². The lowest BCUT2D eigenvalue weighted by molar-refractivity contribution is -0.137. The summed E-state index contributed by atoms with van der Waals surface area (Å²) < 4.78 is 39.1. The molecule has 3 rings (SSSR count). The minimum absolute atomic E-state index is 0.189. The van der Waals surface area contributed by atoms with Crippen molar-refractivity contribution in [3.05, 3.63) is 89.0 Å². The lowest BCUT2D eigenvalue weighted by Crippen LogP contribution is -2.29. The van der Waals surface area contributed by atoms with Gasteiger partial charge in [-0.25, -0.2) is 4.99 Å². The van der Waals surface area contributed by atoms with Crippen LogP contribution in [0.5, 0.6) is 5.75 Å². The highest BCUT2D eigenvalue weighted by atomic mass is 32.2. The molecule has 0 radical (unpaired) electrons. The van der Waals surface area contributed by atoms with E-state index in [1.165, 1.54) is 35.0 Å². The molecule has 7 heteroatoms. The van der Waals surface area contributed by atoms with E-state index >= 15 is 0 Å². The largest absolute Gasteiger partial charge is 0.508 e. The Morgan fingerprint density at radius 2 is 1.74 bits per heavy atom. The van der Waals surface area contributed by atoms with E-state index in [4.69, 9.17) is 4.99 Å². The van der Waals surface area contributed by atoms with Gasteiger partial charge in [0, 0.05) is 18.0 Å². The number of thioether (sulfide) groups is 1. The monoisotopic (exact) mass is 486 g/mol. The van der Waals surface area contributed by atoms with Crippen LogP contribution in [0.3, 0.4) is 0 Å². The summed E-state index contributed by atoms with van der Waals surface area (Å²) >= 11 is 1.52. The van der Waals surface area contributed by atoms with E-state index < -0.39 is 11.7 Å². The summed E-state index contributed by atoms with van der Waals surface area (Å²) in [7, 11) is 0. The van der Waals surface area contributed by atoms with Gasteiger partial charge in [0.2, 0.25) is 0 Å². The molecule has 3 aromatic rings. The average molecular weight is 487 g/mol. The van der Waals surface area contributed by atoms with Crippen molar-refractivity contribution in [2.24, 2.45) is 4.99 Å². The normalized spacial score (nSPS) is 12.1. The van der Waals surface area contributed by atoms with Gasteiger partial charge in [0.25, 0.3) is 0 Å². The smallest absolute Gasteiger partial charge is 0.416 e. The number of benzene rings is 3. The topological polar surface area (TPSA) is 35.8 Å². The fourth-order valence-corrected chi connectivity index (χ4v) is 4.67. The van der Waals surface area contributed by atoms with Crippen LogP contribution in [0.15, 0.2) is 76.6 Å². The van der Waals surface area contributed by atoms with Gasteiger partial charge in [-0.05, 0) is 73.4 Å². The van der Waals surface area contributed by atoms with E-state index in [2.05, 4.69) is 43.9 Å². The van der Waals surface area contributed by atoms with Crippen LogP contribution < -0.4 is 0 Å². The number of aromatic hydroxyl groups is 1. The van der Waals surface area contributed by atoms with Gasteiger partial charge >= 0.3 is 6.18 Å². The predicted molar refractivity (Wildman–Crippen MR) is 134 cm³/mol. The van der Waals surface area contributed by atoms with Gasteiger partial charge in [-0.1, -0.05) is 55.4 Å². The Hall–Kier alpha value is -2.93. The number of hydrogen-bond acceptors (Lipinski definition) is 3. The van der Waals surface area contributed by atoms with Gasteiger partial charge in [0.15, 0.2) is 5.17 Å². The molecule has 0 heterocycles. The molecular formula is C27H29F3N2OS. The highest BCUT2D eigenvalue weighted by Crippen LogP contribution is 2.33. The Kier molecular flexibility index (Phi) is 8.67. The third-order valence-electron chi connectivity index (χ3n) is 5.27. The molecule has 0 saturated heterocycles. The van der Waals surface area contributed by atoms with Crippen molar-refractivity contribution in [3.63, 3.8) is 0 Å². The minimum atomic E-state index is -4.39. The molecule has 0 amide bonds. The molecular weight excluding hydrogens is 457 g/mol. The zero-order valence-electron chi connectivity index (χ0n) is 19.6. The van der Waals surface area contributed by atoms with Crippen LogP contribution in [0, 0.1) is 6.92 Å². The fraction of sp³-hybridized carbons (Fsp3) is 0.296. The van der Waals surface area contributed by atoms with E-state index in [0.29, 0.717) is 23.9 Å². The second-order valence-corrected chi connectivity index (χ2v) is 9.11. The summed E-state index contributed by atoms with van der Waals surface area (Å²) in [5.41, 5.74) is 3.05. The van der Waals surface area contributed by atoms with Crippen LogP contribution in [0.25, 0.3) is 0 Å². The zero-order chi connectivity index (χ0) is 24.7. The number of phenolic OH excluding ortho intramolecular Hbond substituents is 1. The lowest BCUT2D eigenvalue weighted by Gasteiger charge is -2.26. The molecule has 180 valence electrons. The molecule has 0 atom stereocenters. The third kappa shape index (κ3) is 7.03. The first-order chi connectivity index (χ1) is 16.2. The van der Waals surface area contributed by atoms with Crippen LogP contribution in [0.2, 0.25) is 0 Å². The first-order valence-electron chi connectivity index (χ1n) is 11.3. The van der Waals surface area contributed by atoms with Crippen LogP contribution in [-0.2, 0) is 19.1 Å². The van der Waals surface area contributed by atoms with Gasteiger partial charge in [-0.2, -0.15) is 13.2 Å². The molecule has 0 aliphatic heterocycles. The Morgan fingerprint density at radius 3 is 2.35 bits per heavy atom. The number of alkyl halides is 3. The quantitative estimate of drug-likeness (QED) is 0.209. The number of aryl methyl sites for hydroxylation is 2. The number of nitrogens with zero attached hydrogens (tertiary/aromatic N) is 2. The van der Waals surface area contributed by atoms with Crippen molar-refractivity contribution >= 4 is 22.6 Å². The Morgan fingerprint density at radius 1 is 1.00 bits per heavy atom. The van der Waals surface area contributed by atoms with Crippen LogP contribution in [0.1, 0.15) is 42.5 Å². The molecule has 0 fully saturated rings. The first kappa shape index (κ1) is 25.7. The SMILES string of the molecule is CCCN(Cc1cccc(O)c1)C(=Nc1ccc(C(F)(F)F)cc1)Sc1ccc(C)cc1CC. The number of phenols is 1. The maximum absolute atomic E-state index is 13.0. The lowest BCUT2D eigenvalue weighted by atomic mass is 10.1. The van der Waals surface area contributed by atoms with Crippen molar-refractivity contribution in [3.8, 4) is 5.75 Å². The molecule has 0 unspecified atom stereocenters. The molecule has 0 aliphatic carbocycles. The van der Waals surface area contributed by atoms with Gasteiger partial charge < -0.3 is 10.0 Å². The molecule has 0 aliphatic rings. The first-order valence-corrected chi connectivity index (χ1v) is 12.1. The van der Waals surface area contributed by atoms with Crippen molar-refractivity contribution in [2.45, 2.75) is 51.2 Å². The number of amidine groups is 1. The van der Waals surface area contributed by atoms with E-state index in [1.807, 2.05) is 6.07 Å². The van der Waals surface area contributed by atoms with Crippen LogP contribution in [0.4, 0.5) is 18.9 Å². The van der Waals surface area contributed by atoms with Crippen molar-refractivity contribution in [2.75, 3.05) is 6.54 Å². The third-order valence-corrected chi connectivity index (χ3v) is 6.42. The highest BCUT2D eigenvalue weighted by Gasteiger charge is 2.30. The number of hydrogen-bond donors (Lipinski definition) is 1. The second kappa shape index (κ2) is 11.5. The van der Waals surface area contributed by atoms with Gasteiger partial charge in [0.05, 0.1) is 11.3 Å². The summed E-state index contributed by atoms with van der Waals surface area (Å²) in [6.07, 6.45) is -2.67. The summed E-state index contributed by atoms with van der Waals surface area (Å²) in [5, 5.41) is 10.6. The van der Waals surface area contributed by atoms with E-state index in [9.17, 15) is 18.3 Å². The van der Waals surface area contributed by atoms with E-state index in [0.717, 1.165) is 35.4 Å². The van der Waals surface area contributed by atoms with E-state index in [1.54, 1.807) is 18.2 Å². The van der Waals surface area contributed by atoms with Crippen molar-refractivity contribution in [1.29, 1.82) is 0 Å². The number of aliphatic imine (C=N–C) groups is 1. The summed E-state index contributed by atoms with van der Waals surface area (Å²) in [5.74, 6) is 0.189. The standard InChI is InChI=1S/C27H29F3N2OS/c1-4-15-32(18-20-7-6-8-24(33)17-20)26(34-25-14-9-19(3)16-21(25)5-2)31-23-12-10-22(11-13-23)27(28,29)30/h6-14,16-17,33H,4-5,15,18H2,1-3H3.